The highest BCUT2D eigenvalue weighted by Crippen LogP contribution is 2.39. The molecule has 0 saturated carbocycles. The zero-order valence-corrected chi connectivity index (χ0v) is 16.7. The summed E-state index contributed by atoms with van der Waals surface area (Å²) in [6.07, 6.45) is 0. The number of carbonyl (C=O) groups is 2. The van der Waals surface area contributed by atoms with E-state index >= 15 is 0 Å². The van der Waals surface area contributed by atoms with Gasteiger partial charge >= 0.3 is 5.97 Å². The largest absolute Gasteiger partial charge is 0.468 e. The van der Waals surface area contributed by atoms with Crippen LogP contribution in [-0.4, -0.2) is 24.0 Å². The molecule has 0 radical (unpaired) electrons. The Kier molecular flexibility index (Phi) is 5.45. The molecule has 31 heavy (non-hydrogen) atoms. The lowest BCUT2D eigenvalue weighted by atomic mass is 9.83. The van der Waals surface area contributed by atoms with Crippen molar-refractivity contribution in [2.24, 2.45) is 5.73 Å². The number of aromatic nitrogens is 1. The molecule has 4 rings (SSSR count). The third kappa shape index (κ3) is 3.64. The molecule has 1 atom stereocenters. The molecule has 4 aromatic rings. The Morgan fingerprint density at radius 3 is 2.26 bits per heavy atom. The number of benzene rings is 3. The van der Waals surface area contributed by atoms with E-state index in [2.05, 4.69) is 4.98 Å². The monoisotopic (exact) mass is 414 g/mol. The highest BCUT2D eigenvalue weighted by molar-refractivity contribution is 6.10. The van der Waals surface area contributed by atoms with Crippen molar-refractivity contribution in [3.05, 3.63) is 101 Å². The van der Waals surface area contributed by atoms with Crippen LogP contribution < -0.4 is 5.73 Å². The fourth-order valence-corrected chi connectivity index (χ4v) is 3.82. The fourth-order valence-electron chi connectivity index (χ4n) is 3.82. The molecule has 0 aliphatic heterocycles. The first-order valence-electron chi connectivity index (χ1n) is 9.63. The van der Waals surface area contributed by atoms with E-state index in [1.807, 2.05) is 6.07 Å². The van der Waals surface area contributed by atoms with Gasteiger partial charge in [-0.3, -0.25) is 9.59 Å². The quantitative estimate of drug-likeness (QED) is 0.489. The van der Waals surface area contributed by atoms with Crippen molar-refractivity contribution in [1.82, 2.24) is 4.98 Å². The number of methoxy groups -OCH3 is 1. The van der Waals surface area contributed by atoms with E-state index < -0.39 is 23.6 Å². The maximum Gasteiger partial charge on any atom is 0.317 e. The first-order chi connectivity index (χ1) is 15.0. The molecule has 154 valence electrons. The van der Waals surface area contributed by atoms with Crippen LogP contribution >= 0.6 is 0 Å². The number of hydrogen-bond donors (Lipinski definition) is 1. The Bertz CT molecular complexity index is 1290. The summed E-state index contributed by atoms with van der Waals surface area (Å²) in [5.74, 6) is -2.90. The molecule has 2 N–H and O–H groups in total. The molecule has 0 bridgehead atoms. The average Bonchev–Trinajstić information content (AvgIpc) is 2.79. The number of para-hydroxylation sites is 1. The number of primary amides is 1. The molecule has 0 aliphatic carbocycles. The average molecular weight is 414 g/mol. The van der Waals surface area contributed by atoms with E-state index in [-0.39, 0.29) is 22.4 Å². The number of esters is 1. The molecule has 1 aromatic heterocycles. The molecule has 5 nitrogen and oxygen atoms in total. The van der Waals surface area contributed by atoms with Crippen LogP contribution in [-0.2, 0) is 9.53 Å². The van der Waals surface area contributed by atoms with Crippen molar-refractivity contribution in [2.45, 2.75) is 5.92 Å². The summed E-state index contributed by atoms with van der Waals surface area (Å²) in [4.78, 5) is 30.4. The van der Waals surface area contributed by atoms with E-state index in [4.69, 9.17) is 10.5 Å². The van der Waals surface area contributed by atoms with Crippen LogP contribution in [0, 0.1) is 5.82 Å². The number of halogens is 1. The van der Waals surface area contributed by atoms with Crippen LogP contribution in [0.3, 0.4) is 0 Å². The summed E-state index contributed by atoms with van der Waals surface area (Å²) in [7, 11) is 1.26. The maximum atomic E-state index is 14.9. The molecule has 3 aromatic carbocycles. The molecule has 0 aliphatic rings. The van der Waals surface area contributed by atoms with Gasteiger partial charge < -0.3 is 10.5 Å². The minimum atomic E-state index is -1.03. The number of nitrogens with two attached hydrogens (primary N) is 1. The number of hydrogen-bond acceptors (Lipinski definition) is 4. The Morgan fingerprint density at radius 2 is 1.58 bits per heavy atom. The van der Waals surface area contributed by atoms with E-state index in [9.17, 15) is 14.0 Å². The second-order valence-corrected chi connectivity index (χ2v) is 6.98. The Morgan fingerprint density at radius 1 is 0.935 bits per heavy atom. The Hall–Kier alpha value is -4.06. The maximum absolute atomic E-state index is 14.9. The van der Waals surface area contributed by atoms with Gasteiger partial charge in [0.25, 0.3) is 0 Å². The fraction of sp³-hybridized carbons (Fsp3) is 0.0800. The lowest BCUT2D eigenvalue weighted by molar-refractivity contribution is -0.141. The number of amides is 1. The van der Waals surface area contributed by atoms with Crippen LogP contribution in [0.5, 0.6) is 0 Å². The summed E-state index contributed by atoms with van der Waals surface area (Å²) in [6.45, 7) is 0. The lowest BCUT2D eigenvalue weighted by Gasteiger charge is -2.22. The first-order valence-corrected chi connectivity index (χ1v) is 9.63. The summed E-state index contributed by atoms with van der Waals surface area (Å²) >= 11 is 0. The number of rotatable bonds is 5. The van der Waals surface area contributed by atoms with Gasteiger partial charge in [0.15, 0.2) is 0 Å². The van der Waals surface area contributed by atoms with Gasteiger partial charge in [-0.15, -0.1) is 0 Å². The molecule has 6 heteroatoms. The lowest BCUT2D eigenvalue weighted by Crippen LogP contribution is -2.23. The summed E-state index contributed by atoms with van der Waals surface area (Å²) in [6, 6.07) is 21.8. The van der Waals surface area contributed by atoms with Crippen LogP contribution in [0.25, 0.3) is 22.2 Å². The summed E-state index contributed by atoms with van der Waals surface area (Å²) < 4.78 is 19.9. The molecule has 1 heterocycles. The predicted molar refractivity (Wildman–Crippen MR) is 116 cm³/mol. The molecular weight excluding hydrogens is 395 g/mol. The van der Waals surface area contributed by atoms with Gasteiger partial charge in [-0.1, -0.05) is 60.7 Å². The minimum Gasteiger partial charge on any atom is -0.468 e. The topological polar surface area (TPSA) is 82.3 Å². The summed E-state index contributed by atoms with van der Waals surface area (Å²) in [5, 5.41) is 0.481. The Balaban J connectivity index is 2.19. The van der Waals surface area contributed by atoms with Gasteiger partial charge in [-0.05, 0) is 23.8 Å². The van der Waals surface area contributed by atoms with E-state index in [0.29, 0.717) is 16.5 Å². The summed E-state index contributed by atoms with van der Waals surface area (Å²) in [5.41, 5.74) is 7.52. The molecule has 1 amide bonds. The molecule has 1 unspecified atom stereocenters. The molecule has 0 fully saturated rings. The van der Waals surface area contributed by atoms with E-state index in [0.717, 1.165) is 0 Å². The van der Waals surface area contributed by atoms with Crippen molar-refractivity contribution in [1.29, 1.82) is 0 Å². The number of fused-ring (bicyclic) bond motifs is 1. The standard InChI is InChI=1S/C25H19FN2O3/c1-31-25(30)20(15-9-3-2-4-10-15)22-21(24(27)29)17-12-6-8-14-19(17)28-23(22)16-11-5-7-13-18(16)26/h2-14,20H,1H3,(H2,27,29). The van der Waals surface area contributed by atoms with Crippen LogP contribution in [0.4, 0.5) is 4.39 Å². The van der Waals surface area contributed by atoms with Gasteiger partial charge in [-0.25, -0.2) is 9.37 Å². The normalized spacial score (nSPS) is 11.8. The molecule has 0 spiro atoms. The highest BCUT2D eigenvalue weighted by atomic mass is 19.1. The number of carbonyl (C=O) groups excluding carboxylic acids is 2. The van der Waals surface area contributed by atoms with Crippen molar-refractivity contribution in [3.63, 3.8) is 0 Å². The third-order valence-corrected chi connectivity index (χ3v) is 5.16. The van der Waals surface area contributed by atoms with Crippen molar-refractivity contribution in [2.75, 3.05) is 7.11 Å². The predicted octanol–water partition coefficient (Wildman–Crippen LogP) is 4.44. The number of nitrogens with zero attached hydrogens (tertiary/aromatic N) is 1. The van der Waals surface area contributed by atoms with Gasteiger partial charge in [-0.2, -0.15) is 0 Å². The van der Waals surface area contributed by atoms with Crippen molar-refractivity contribution < 1.29 is 18.7 Å². The highest BCUT2D eigenvalue weighted by Gasteiger charge is 2.33. The second kappa shape index (κ2) is 8.36. The molecule has 0 saturated heterocycles. The van der Waals surface area contributed by atoms with Gasteiger partial charge in [0.1, 0.15) is 11.7 Å². The SMILES string of the molecule is COC(=O)C(c1ccccc1)c1c(-c2ccccc2F)nc2ccccc2c1C(N)=O. The third-order valence-electron chi connectivity index (χ3n) is 5.16. The Labute approximate surface area is 178 Å². The van der Waals surface area contributed by atoms with Crippen LogP contribution in [0.2, 0.25) is 0 Å². The zero-order valence-electron chi connectivity index (χ0n) is 16.7. The number of pyridine rings is 1. The molecular formula is C25H19FN2O3. The van der Waals surface area contributed by atoms with Gasteiger partial charge in [0.05, 0.1) is 23.9 Å². The van der Waals surface area contributed by atoms with E-state index in [1.54, 1.807) is 66.7 Å². The second-order valence-electron chi connectivity index (χ2n) is 6.98. The smallest absolute Gasteiger partial charge is 0.317 e. The minimum absolute atomic E-state index is 0.114. The number of ether oxygens (including phenoxy) is 1. The van der Waals surface area contributed by atoms with Crippen LogP contribution in [0.1, 0.15) is 27.4 Å². The van der Waals surface area contributed by atoms with Gasteiger partial charge in [0.2, 0.25) is 5.91 Å². The van der Waals surface area contributed by atoms with Crippen LogP contribution in [0.15, 0.2) is 78.9 Å². The van der Waals surface area contributed by atoms with E-state index in [1.165, 1.54) is 13.2 Å². The van der Waals surface area contributed by atoms with Crippen molar-refractivity contribution >= 4 is 22.8 Å². The first kappa shape index (κ1) is 20.2. The zero-order chi connectivity index (χ0) is 22.0. The van der Waals surface area contributed by atoms with Gasteiger partial charge in [0, 0.05) is 16.5 Å². The van der Waals surface area contributed by atoms with Crippen molar-refractivity contribution in [3.8, 4) is 11.3 Å².